The number of aryl methyl sites for hydroxylation is 1. The van der Waals surface area contributed by atoms with E-state index in [2.05, 4.69) is 35.5 Å². The Morgan fingerprint density at radius 2 is 1.94 bits per heavy atom. The molecular formula is C18H21ClN10O2S2. The third-order valence-electron chi connectivity index (χ3n) is 4.36. The topological polar surface area (TPSA) is 133 Å². The number of halogens is 1. The summed E-state index contributed by atoms with van der Waals surface area (Å²) >= 11 is 2.84. The van der Waals surface area contributed by atoms with Gasteiger partial charge in [-0.25, -0.2) is 9.67 Å². The first-order chi connectivity index (χ1) is 15.4. The fraction of sp³-hybridized carbons (Fsp3) is 0.333. The van der Waals surface area contributed by atoms with Gasteiger partial charge in [0, 0.05) is 30.1 Å². The Hall–Kier alpha value is -2.81. The van der Waals surface area contributed by atoms with Crippen LogP contribution in [0.2, 0.25) is 0 Å². The van der Waals surface area contributed by atoms with Crippen LogP contribution in [0.5, 0.6) is 0 Å². The van der Waals surface area contributed by atoms with E-state index in [1.165, 1.54) is 35.7 Å². The van der Waals surface area contributed by atoms with Crippen molar-refractivity contribution in [3.63, 3.8) is 0 Å². The summed E-state index contributed by atoms with van der Waals surface area (Å²) in [6.45, 7) is 3.39. The maximum atomic E-state index is 10.8. The number of nitro benzene ring substituents is 1. The molecule has 0 fully saturated rings. The average molecular weight is 509 g/mol. The van der Waals surface area contributed by atoms with Gasteiger partial charge in [-0.15, -0.1) is 22.6 Å². The summed E-state index contributed by atoms with van der Waals surface area (Å²) in [5, 5.41) is 29.4. The molecule has 0 aliphatic rings. The zero-order valence-electron chi connectivity index (χ0n) is 18.0. The molecule has 0 unspecified atom stereocenters. The normalized spacial score (nSPS) is 11.2. The van der Waals surface area contributed by atoms with Gasteiger partial charge in [0.25, 0.3) is 11.5 Å². The molecule has 0 saturated carbocycles. The van der Waals surface area contributed by atoms with E-state index in [0.717, 1.165) is 22.8 Å². The van der Waals surface area contributed by atoms with Crippen molar-refractivity contribution in [1.29, 1.82) is 0 Å². The first-order valence-corrected chi connectivity index (χ1v) is 11.4. The standard InChI is InChI=1S/C18H20N10O2S2.ClH/c1-12-10-15(32-18-21-23-24-26(18)9-8-25(2)3)27-16(19-12)20-17(22-27)31-11-13-4-6-14(7-5-13)28(29)30;/h4-7,10H,8-9,11H2,1-3H3;1H. The van der Waals surface area contributed by atoms with E-state index in [9.17, 15) is 10.1 Å². The van der Waals surface area contributed by atoms with E-state index in [1.54, 1.807) is 21.3 Å². The lowest BCUT2D eigenvalue weighted by atomic mass is 10.2. The lowest BCUT2D eigenvalue weighted by molar-refractivity contribution is -0.384. The Balaban J connectivity index is 0.00000306. The Bertz CT molecular complexity index is 1240. The van der Waals surface area contributed by atoms with E-state index in [0.29, 0.717) is 28.4 Å². The summed E-state index contributed by atoms with van der Waals surface area (Å²) in [4.78, 5) is 21.5. The van der Waals surface area contributed by atoms with E-state index in [1.807, 2.05) is 27.1 Å². The van der Waals surface area contributed by atoms with Crippen LogP contribution in [0.1, 0.15) is 11.3 Å². The van der Waals surface area contributed by atoms with Crippen LogP contribution in [0.15, 0.2) is 45.7 Å². The van der Waals surface area contributed by atoms with Gasteiger partial charge in [0.15, 0.2) is 0 Å². The molecule has 0 saturated heterocycles. The van der Waals surface area contributed by atoms with Crippen molar-refractivity contribution in [1.82, 2.24) is 44.7 Å². The van der Waals surface area contributed by atoms with Crippen molar-refractivity contribution < 1.29 is 4.92 Å². The van der Waals surface area contributed by atoms with Crippen LogP contribution in [0, 0.1) is 17.0 Å². The molecule has 3 aromatic heterocycles. The van der Waals surface area contributed by atoms with Crippen molar-refractivity contribution in [3.05, 3.63) is 51.7 Å². The predicted molar refractivity (Wildman–Crippen MR) is 126 cm³/mol. The monoisotopic (exact) mass is 508 g/mol. The molecular weight excluding hydrogens is 488 g/mol. The van der Waals surface area contributed by atoms with Gasteiger partial charge >= 0.3 is 0 Å². The number of nitro groups is 1. The van der Waals surface area contributed by atoms with Gasteiger partial charge in [0.1, 0.15) is 5.03 Å². The number of benzene rings is 1. The third-order valence-corrected chi connectivity index (χ3v) is 6.24. The van der Waals surface area contributed by atoms with E-state index >= 15 is 0 Å². The van der Waals surface area contributed by atoms with Gasteiger partial charge < -0.3 is 4.90 Å². The smallest absolute Gasteiger partial charge is 0.269 e. The van der Waals surface area contributed by atoms with Crippen LogP contribution in [0.4, 0.5) is 5.69 Å². The maximum absolute atomic E-state index is 10.8. The number of likely N-dealkylation sites (N-methyl/N-ethyl adjacent to an activating group) is 1. The maximum Gasteiger partial charge on any atom is 0.269 e. The number of thioether (sulfide) groups is 1. The zero-order valence-corrected chi connectivity index (χ0v) is 20.5. The quantitative estimate of drug-likeness (QED) is 0.143. The highest BCUT2D eigenvalue weighted by Crippen LogP contribution is 2.28. The van der Waals surface area contributed by atoms with Gasteiger partial charge in [0.05, 0.1) is 11.5 Å². The predicted octanol–water partition coefficient (Wildman–Crippen LogP) is 2.75. The van der Waals surface area contributed by atoms with Crippen molar-refractivity contribution in [3.8, 4) is 0 Å². The Morgan fingerprint density at radius 1 is 1.18 bits per heavy atom. The van der Waals surface area contributed by atoms with Crippen LogP contribution in [-0.2, 0) is 12.3 Å². The SMILES string of the molecule is Cc1cc(Sc2nnnn2CCN(C)C)n2nc(SCc3ccc([N+](=O)[O-])cc3)nc2n1.Cl. The first-order valence-electron chi connectivity index (χ1n) is 9.58. The molecule has 1 aromatic carbocycles. The van der Waals surface area contributed by atoms with Crippen molar-refractivity contribution in [2.45, 2.75) is 34.6 Å². The highest BCUT2D eigenvalue weighted by atomic mass is 35.5. The summed E-state index contributed by atoms with van der Waals surface area (Å²) in [6.07, 6.45) is 0. The fourth-order valence-electron chi connectivity index (χ4n) is 2.73. The van der Waals surface area contributed by atoms with Crippen LogP contribution in [0.3, 0.4) is 0 Å². The number of fused-ring (bicyclic) bond motifs is 1. The van der Waals surface area contributed by atoms with E-state index in [-0.39, 0.29) is 18.1 Å². The number of aromatic nitrogens is 8. The molecule has 3 heterocycles. The first kappa shape index (κ1) is 24.8. The van der Waals surface area contributed by atoms with Crippen molar-refractivity contribution in [2.24, 2.45) is 0 Å². The number of non-ortho nitro benzene ring substituents is 1. The minimum absolute atomic E-state index is 0. The van der Waals surface area contributed by atoms with Crippen LogP contribution < -0.4 is 0 Å². The van der Waals surface area contributed by atoms with Gasteiger partial charge in [-0.2, -0.15) is 9.50 Å². The molecule has 33 heavy (non-hydrogen) atoms. The summed E-state index contributed by atoms with van der Waals surface area (Å²) < 4.78 is 3.44. The lowest BCUT2D eigenvalue weighted by Crippen LogP contribution is -2.19. The summed E-state index contributed by atoms with van der Waals surface area (Å²) in [7, 11) is 4.00. The fourth-order valence-corrected chi connectivity index (χ4v) is 4.44. The molecule has 12 nitrogen and oxygen atoms in total. The third kappa shape index (κ3) is 6.16. The van der Waals surface area contributed by atoms with Crippen LogP contribution in [-0.4, -0.2) is 70.3 Å². The second-order valence-corrected chi connectivity index (χ2v) is 9.07. The second kappa shape index (κ2) is 10.9. The van der Waals surface area contributed by atoms with E-state index < -0.39 is 4.92 Å². The highest BCUT2D eigenvalue weighted by molar-refractivity contribution is 7.99. The molecule has 0 radical (unpaired) electrons. The van der Waals surface area contributed by atoms with Crippen molar-refractivity contribution in [2.75, 3.05) is 20.6 Å². The molecule has 15 heteroatoms. The van der Waals surface area contributed by atoms with E-state index in [4.69, 9.17) is 0 Å². The Kier molecular flexibility index (Phi) is 8.18. The summed E-state index contributed by atoms with van der Waals surface area (Å²) in [6, 6.07) is 8.37. The molecule has 0 N–H and O–H groups in total. The Morgan fingerprint density at radius 3 is 2.64 bits per heavy atom. The molecule has 0 atom stereocenters. The molecule has 0 spiro atoms. The van der Waals surface area contributed by atoms with Gasteiger partial charge in [-0.3, -0.25) is 10.1 Å². The number of rotatable bonds is 9. The summed E-state index contributed by atoms with van der Waals surface area (Å²) in [5.41, 5.74) is 1.82. The largest absolute Gasteiger partial charge is 0.308 e. The molecule has 0 aliphatic heterocycles. The number of tetrazole rings is 1. The molecule has 0 aliphatic carbocycles. The molecule has 0 amide bonds. The lowest BCUT2D eigenvalue weighted by Gasteiger charge is -2.10. The number of hydrogen-bond donors (Lipinski definition) is 0. The zero-order chi connectivity index (χ0) is 22.7. The average Bonchev–Trinajstić information content (AvgIpc) is 3.37. The van der Waals surface area contributed by atoms with Crippen molar-refractivity contribution >= 4 is 47.4 Å². The Labute approximate surface area is 203 Å². The molecule has 4 rings (SSSR count). The van der Waals surface area contributed by atoms with Gasteiger partial charge in [0.2, 0.25) is 10.3 Å². The molecule has 174 valence electrons. The molecule has 4 aromatic rings. The minimum atomic E-state index is -0.412. The van der Waals surface area contributed by atoms with Gasteiger partial charge in [-0.05, 0) is 54.8 Å². The van der Waals surface area contributed by atoms with Crippen LogP contribution in [0.25, 0.3) is 5.78 Å². The number of nitrogens with zero attached hydrogens (tertiary/aromatic N) is 10. The second-order valence-electron chi connectivity index (χ2n) is 7.14. The van der Waals surface area contributed by atoms with Gasteiger partial charge in [-0.1, -0.05) is 23.9 Å². The summed E-state index contributed by atoms with van der Waals surface area (Å²) in [5.74, 6) is 1.07. The van der Waals surface area contributed by atoms with Crippen LogP contribution >= 0.6 is 35.9 Å². The molecule has 0 bridgehead atoms. The number of hydrogen-bond acceptors (Lipinski definition) is 11. The minimum Gasteiger partial charge on any atom is -0.308 e. The highest BCUT2D eigenvalue weighted by Gasteiger charge is 2.15.